The van der Waals surface area contributed by atoms with E-state index in [1.165, 1.54) is 19.4 Å². The Hall–Kier alpha value is -1.09. The molecule has 1 aromatic heterocycles. The first kappa shape index (κ1) is 22.0. The molecule has 0 radical (unpaired) electrons. The molecule has 6 nitrogen and oxygen atoms in total. The van der Waals surface area contributed by atoms with Gasteiger partial charge in [-0.25, -0.2) is 0 Å². The Balaban J connectivity index is 0.00000312. The molecule has 1 aliphatic rings. The molecule has 1 aliphatic heterocycles. The van der Waals surface area contributed by atoms with Gasteiger partial charge in [-0.05, 0) is 44.8 Å². The van der Waals surface area contributed by atoms with E-state index in [1.54, 1.807) is 16.7 Å². The van der Waals surface area contributed by atoms with Gasteiger partial charge in [-0.1, -0.05) is 13.0 Å². The number of likely N-dealkylation sites (tertiary alicyclic amines) is 1. The van der Waals surface area contributed by atoms with Crippen molar-refractivity contribution in [2.45, 2.75) is 45.2 Å². The molecule has 0 aliphatic carbocycles. The highest BCUT2D eigenvalue weighted by molar-refractivity contribution is 14.0. The summed E-state index contributed by atoms with van der Waals surface area (Å²) in [7, 11) is 1.81. The number of guanidine groups is 1. The summed E-state index contributed by atoms with van der Waals surface area (Å²) in [6.07, 6.45) is 6.39. The standard InChI is InChI=1S/C18H31N5O.HI/c1-3-22-14-8-9-16(22)15-21-18(19-2)20-11-5-7-13-23-12-6-4-10-17(23)24;/h4,6,10,12,16H,3,5,7-9,11,13-15H2,1-2H3,(H2,19,20,21);1H. The lowest BCUT2D eigenvalue weighted by Crippen LogP contribution is -2.45. The van der Waals surface area contributed by atoms with E-state index >= 15 is 0 Å². The number of likely N-dealkylation sites (N-methyl/N-ethyl adjacent to an activating group) is 1. The van der Waals surface area contributed by atoms with Crippen molar-refractivity contribution in [2.75, 3.05) is 33.2 Å². The fourth-order valence-electron chi connectivity index (χ4n) is 3.24. The number of aromatic nitrogens is 1. The molecule has 0 bridgehead atoms. The Labute approximate surface area is 168 Å². The SMILES string of the molecule is CCN1CCCC1CNC(=NC)NCCCCn1ccccc1=O.I. The van der Waals surface area contributed by atoms with Crippen LogP contribution in [0.5, 0.6) is 0 Å². The van der Waals surface area contributed by atoms with E-state index in [2.05, 4.69) is 27.4 Å². The lowest BCUT2D eigenvalue weighted by atomic mass is 10.2. The van der Waals surface area contributed by atoms with Crippen LogP contribution in [-0.4, -0.2) is 54.7 Å². The number of aryl methyl sites for hydroxylation is 1. The molecule has 2 N–H and O–H groups in total. The first-order chi connectivity index (χ1) is 11.7. The van der Waals surface area contributed by atoms with Crippen LogP contribution in [0.1, 0.15) is 32.6 Å². The molecule has 1 fully saturated rings. The number of nitrogens with one attached hydrogen (secondary N) is 2. The van der Waals surface area contributed by atoms with Crippen molar-refractivity contribution in [2.24, 2.45) is 4.99 Å². The third-order valence-corrected chi connectivity index (χ3v) is 4.65. The number of aliphatic imine (C=N–C) groups is 1. The predicted octanol–water partition coefficient (Wildman–Crippen LogP) is 1.90. The minimum atomic E-state index is 0. The maximum Gasteiger partial charge on any atom is 0.250 e. The van der Waals surface area contributed by atoms with Crippen LogP contribution in [0.2, 0.25) is 0 Å². The van der Waals surface area contributed by atoms with Crippen molar-refractivity contribution in [3.63, 3.8) is 0 Å². The first-order valence-electron chi connectivity index (χ1n) is 9.08. The molecule has 2 rings (SSSR count). The Morgan fingerprint density at radius 3 is 2.88 bits per heavy atom. The first-order valence-corrected chi connectivity index (χ1v) is 9.08. The van der Waals surface area contributed by atoms with Crippen molar-refractivity contribution in [1.82, 2.24) is 20.1 Å². The zero-order chi connectivity index (χ0) is 17.2. The Kier molecular flexibility index (Phi) is 10.8. The molecule has 1 unspecified atom stereocenters. The molecular formula is C18H32IN5O. The van der Waals surface area contributed by atoms with E-state index in [0.717, 1.165) is 45.0 Å². The van der Waals surface area contributed by atoms with Gasteiger partial charge in [-0.3, -0.25) is 14.7 Å². The molecule has 0 aromatic carbocycles. The van der Waals surface area contributed by atoms with E-state index in [4.69, 9.17) is 0 Å². The highest BCUT2D eigenvalue weighted by atomic mass is 127. The van der Waals surface area contributed by atoms with Crippen molar-refractivity contribution >= 4 is 29.9 Å². The van der Waals surface area contributed by atoms with E-state index in [-0.39, 0.29) is 29.5 Å². The molecule has 1 atom stereocenters. The van der Waals surface area contributed by atoms with Gasteiger partial charge in [0.25, 0.3) is 0 Å². The van der Waals surface area contributed by atoms with Gasteiger partial charge in [-0.2, -0.15) is 0 Å². The Morgan fingerprint density at radius 1 is 1.32 bits per heavy atom. The quantitative estimate of drug-likeness (QED) is 0.269. The second-order valence-electron chi connectivity index (χ2n) is 6.24. The van der Waals surface area contributed by atoms with Crippen molar-refractivity contribution in [3.8, 4) is 0 Å². The lowest BCUT2D eigenvalue weighted by molar-refractivity contribution is 0.267. The van der Waals surface area contributed by atoms with Crippen LogP contribution >= 0.6 is 24.0 Å². The summed E-state index contributed by atoms with van der Waals surface area (Å²) in [5.74, 6) is 0.870. The molecule has 0 spiro atoms. The highest BCUT2D eigenvalue weighted by Crippen LogP contribution is 2.15. The number of nitrogens with zero attached hydrogens (tertiary/aromatic N) is 3. The van der Waals surface area contributed by atoms with Crippen LogP contribution in [0.25, 0.3) is 0 Å². The number of hydrogen-bond donors (Lipinski definition) is 2. The minimum absolute atomic E-state index is 0. The number of unbranched alkanes of at least 4 members (excludes halogenated alkanes) is 1. The molecule has 2 heterocycles. The topological polar surface area (TPSA) is 61.7 Å². The van der Waals surface area contributed by atoms with Crippen molar-refractivity contribution < 1.29 is 0 Å². The van der Waals surface area contributed by atoms with Gasteiger partial charge in [0.05, 0.1) is 0 Å². The number of pyridine rings is 1. The van der Waals surface area contributed by atoms with Crippen molar-refractivity contribution in [3.05, 3.63) is 34.7 Å². The van der Waals surface area contributed by atoms with Gasteiger partial charge in [0, 0.05) is 45.0 Å². The van der Waals surface area contributed by atoms with Gasteiger partial charge in [0.1, 0.15) is 0 Å². The van der Waals surface area contributed by atoms with Crippen LogP contribution in [-0.2, 0) is 6.54 Å². The number of halogens is 1. The second kappa shape index (κ2) is 12.3. The third kappa shape index (κ3) is 7.35. The van der Waals surface area contributed by atoms with Gasteiger partial charge >= 0.3 is 0 Å². The average Bonchev–Trinajstić information content (AvgIpc) is 3.06. The normalized spacial score (nSPS) is 18.0. The van der Waals surface area contributed by atoms with Crippen molar-refractivity contribution in [1.29, 1.82) is 0 Å². The lowest BCUT2D eigenvalue weighted by Gasteiger charge is -2.24. The Bertz CT molecular complexity index is 575. The van der Waals surface area contributed by atoms with E-state index in [0.29, 0.717) is 6.04 Å². The third-order valence-electron chi connectivity index (χ3n) is 4.65. The average molecular weight is 461 g/mol. The maximum absolute atomic E-state index is 11.6. The predicted molar refractivity (Wildman–Crippen MR) is 115 cm³/mol. The van der Waals surface area contributed by atoms with Crippen LogP contribution in [0, 0.1) is 0 Å². The van der Waals surface area contributed by atoms with Crippen LogP contribution in [0.15, 0.2) is 34.2 Å². The van der Waals surface area contributed by atoms with Gasteiger partial charge in [-0.15, -0.1) is 24.0 Å². The summed E-state index contributed by atoms with van der Waals surface area (Å²) in [4.78, 5) is 18.4. The minimum Gasteiger partial charge on any atom is -0.356 e. The molecule has 25 heavy (non-hydrogen) atoms. The largest absolute Gasteiger partial charge is 0.356 e. The van der Waals surface area contributed by atoms with Gasteiger partial charge in [0.15, 0.2) is 5.96 Å². The summed E-state index contributed by atoms with van der Waals surface area (Å²) < 4.78 is 1.76. The maximum atomic E-state index is 11.6. The molecule has 1 aromatic rings. The fraction of sp³-hybridized carbons (Fsp3) is 0.667. The summed E-state index contributed by atoms with van der Waals surface area (Å²) in [5, 5.41) is 6.80. The smallest absolute Gasteiger partial charge is 0.250 e. The van der Waals surface area contributed by atoms with E-state index in [9.17, 15) is 4.79 Å². The molecule has 0 saturated carbocycles. The second-order valence-corrected chi connectivity index (χ2v) is 6.24. The van der Waals surface area contributed by atoms with Gasteiger partial charge in [0.2, 0.25) is 5.56 Å². The molecule has 1 saturated heterocycles. The highest BCUT2D eigenvalue weighted by Gasteiger charge is 2.22. The number of hydrogen-bond acceptors (Lipinski definition) is 3. The van der Waals surface area contributed by atoms with E-state index < -0.39 is 0 Å². The summed E-state index contributed by atoms with van der Waals surface area (Å²) in [5.41, 5.74) is 0.0694. The molecule has 7 heteroatoms. The summed E-state index contributed by atoms with van der Waals surface area (Å²) in [6, 6.07) is 5.90. The zero-order valence-corrected chi connectivity index (χ0v) is 17.7. The summed E-state index contributed by atoms with van der Waals surface area (Å²) in [6.45, 7) is 7.14. The van der Waals surface area contributed by atoms with E-state index in [1.807, 2.05) is 19.3 Å². The van der Waals surface area contributed by atoms with Crippen LogP contribution < -0.4 is 16.2 Å². The fourth-order valence-corrected chi connectivity index (χ4v) is 3.24. The molecular weight excluding hydrogens is 429 g/mol. The zero-order valence-electron chi connectivity index (χ0n) is 15.4. The van der Waals surface area contributed by atoms with Gasteiger partial charge < -0.3 is 15.2 Å². The van der Waals surface area contributed by atoms with Crippen LogP contribution in [0.3, 0.4) is 0 Å². The number of rotatable bonds is 8. The molecule has 0 amide bonds. The Morgan fingerprint density at radius 2 is 2.16 bits per heavy atom. The monoisotopic (exact) mass is 461 g/mol. The van der Waals surface area contributed by atoms with Crippen LogP contribution in [0.4, 0.5) is 0 Å². The molecule has 142 valence electrons. The summed E-state index contributed by atoms with van der Waals surface area (Å²) >= 11 is 0.